The van der Waals surface area contributed by atoms with Crippen LogP contribution in [0, 0.1) is 30.4 Å². The molecule has 1 aliphatic carbocycles. The lowest BCUT2D eigenvalue weighted by molar-refractivity contribution is 0.102. The van der Waals surface area contributed by atoms with Gasteiger partial charge in [-0.3, -0.25) is 14.0 Å². The third kappa shape index (κ3) is 5.62. The summed E-state index contributed by atoms with van der Waals surface area (Å²) in [6.07, 6.45) is 6.36. The average Bonchev–Trinajstić information content (AvgIpc) is 2.84. The van der Waals surface area contributed by atoms with Crippen molar-refractivity contribution in [1.82, 2.24) is 9.97 Å². The van der Waals surface area contributed by atoms with Crippen LogP contribution in [0.3, 0.4) is 0 Å². The van der Waals surface area contributed by atoms with Crippen LogP contribution in [0.2, 0.25) is 0 Å². The minimum atomic E-state index is -1.04. The van der Waals surface area contributed by atoms with Gasteiger partial charge >= 0.3 is 0 Å². The topological polar surface area (TPSA) is 98.0 Å². The van der Waals surface area contributed by atoms with E-state index in [2.05, 4.69) is 29.1 Å². The molecule has 3 unspecified atom stereocenters. The summed E-state index contributed by atoms with van der Waals surface area (Å²) in [5.41, 5.74) is 8.19. The summed E-state index contributed by atoms with van der Waals surface area (Å²) >= 11 is 0. The number of anilines is 1. The molecule has 196 valence electrons. The molecule has 2 heterocycles. The number of hydrogen-bond acceptors (Lipinski definition) is 5. The highest BCUT2D eigenvalue weighted by Crippen LogP contribution is 2.42. The molecule has 5 atom stereocenters. The van der Waals surface area contributed by atoms with Gasteiger partial charge in [0.15, 0.2) is 0 Å². The van der Waals surface area contributed by atoms with Crippen LogP contribution in [0.25, 0.3) is 11.3 Å². The lowest BCUT2D eigenvalue weighted by Crippen LogP contribution is -2.49. The molecule has 0 aliphatic heterocycles. The van der Waals surface area contributed by atoms with Crippen molar-refractivity contribution in [3.8, 4) is 11.3 Å². The van der Waals surface area contributed by atoms with Gasteiger partial charge in [0, 0.05) is 34.9 Å². The van der Waals surface area contributed by atoms with Crippen molar-refractivity contribution in [2.75, 3.05) is 11.6 Å². The zero-order valence-corrected chi connectivity index (χ0v) is 22.2. The molecule has 0 saturated heterocycles. The normalized spacial score (nSPS) is 22.6. The Labute approximate surface area is 218 Å². The molecule has 1 fully saturated rings. The zero-order valence-electron chi connectivity index (χ0n) is 21.4. The minimum absolute atomic E-state index is 0.0236. The highest BCUT2D eigenvalue weighted by molar-refractivity contribution is 7.85. The Balaban J connectivity index is 1.63. The molecule has 3 N–H and O–H groups in total. The van der Waals surface area contributed by atoms with E-state index < -0.39 is 28.3 Å². The van der Waals surface area contributed by atoms with Gasteiger partial charge in [-0.15, -0.1) is 0 Å². The summed E-state index contributed by atoms with van der Waals surface area (Å²) < 4.78 is 41.6. The fraction of sp³-hybridized carbons (Fsp3) is 0.393. The Bertz CT molecular complexity index is 1310. The van der Waals surface area contributed by atoms with Crippen molar-refractivity contribution < 1.29 is 17.8 Å². The van der Waals surface area contributed by atoms with Crippen LogP contribution in [0.4, 0.5) is 14.5 Å². The van der Waals surface area contributed by atoms with Crippen molar-refractivity contribution in [1.29, 1.82) is 0 Å². The molecule has 0 spiro atoms. The zero-order chi connectivity index (χ0) is 26.9. The number of hydrogen-bond donors (Lipinski definition) is 2. The van der Waals surface area contributed by atoms with E-state index in [0.29, 0.717) is 23.6 Å². The Hall–Kier alpha value is -3.04. The summed E-state index contributed by atoms with van der Waals surface area (Å²) in [6, 6.07) is 8.44. The van der Waals surface area contributed by atoms with Gasteiger partial charge in [-0.2, -0.15) is 0 Å². The van der Waals surface area contributed by atoms with E-state index in [1.54, 1.807) is 31.6 Å². The largest absolute Gasteiger partial charge is 0.327 e. The Kier molecular flexibility index (Phi) is 8.14. The van der Waals surface area contributed by atoms with Gasteiger partial charge < -0.3 is 11.1 Å². The number of aromatic nitrogens is 2. The molecule has 0 radical (unpaired) electrons. The molecule has 37 heavy (non-hydrogen) atoms. The minimum Gasteiger partial charge on any atom is -0.327 e. The van der Waals surface area contributed by atoms with Crippen molar-refractivity contribution >= 4 is 22.4 Å². The number of carbonyl (C=O) groups is 1. The van der Waals surface area contributed by atoms with Crippen LogP contribution >= 0.6 is 0 Å². The van der Waals surface area contributed by atoms with Gasteiger partial charge in [0.2, 0.25) is 0 Å². The van der Waals surface area contributed by atoms with E-state index in [1.165, 1.54) is 18.2 Å². The maximum absolute atomic E-state index is 14.6. The predicted molar refractivity (Wildman–Crippen MR) is 143 cm³/mol. The highest BCUT2D eigenvalue weighted by Gasteiger charge is 2.40. The SMILES string of the molecule is Cc1cccc(F)c1-c1nc(C(=O)Nc2cnccc2C2CC(N)[C@@H](S(C)=O)[C@@H](C(C)C)C2)ccc1F. The Morgan fingerprint density at radius 2 is 1.89 bits per heavy atom. The number of nitrogens with two attached hydrogens (primary N) is 1. The van der Waals surface area contributed by atoms with E-state index in [9.17, 15) is 17.8 Å². The molecule has 6 nitrogen and oxygen atoms in total. The quantitative estimate of drug-likeness (QED) is 0.460. The van der Waals surface area contributed by atoms with Gasteiger partial charge in [-0.1, -0.05) is 26.0 Å². The third-order valence-electron chi connectivity index (χ3n) is 7.28. The number of aryl methyl sites for hydroxylation is 1. The van der Waals surface area contributed by atoms with Gasteiger partial charge in [-0.05, 0) is 72.9 Å². The summed E-state index contributed by atoms with van der Waals surface area (Å²) in [5.74, 6) is -1.38. The molecule has 3 aromatic rings. The lowest BCUT2D eigenvalue weighted by atomic mass is 9.71. The summed E-state index contributed by atoms with van der Waals surface area (Å²) in [7, 11) is -1.04. The molecule has 1 amide bonds. The number of rotatable bonds is 6. The number of carbonyl (C=O) groups excluding carboxylic acids is 1. The van der Waals surface area contributed by atoms with Crippen LogP contribution < -0.4 is 11.1 Å². The van der Waals surface area contributed by atoms with Crippen molar-refractivity contribution in [2.45, 2.75) is 50.8 Å². The maximum Gasteiger partial charge on any atom is 0.274 e. The molecule has 2 aromatic heterocycles. The first-order valence-corrected chi connectivity index (χ1v) is 14.0. The smallest absolute Gasteiger partial charge is 0.274 e. The van der Waals surface area contributed by atoms with Crippen LogP contribution in [-0.4, -0.2) is 37.6 Å². The second-order valence-corrected chi connectivity index (χ2v) is 11.6. The highest BCUT2D eigenvalue weighted by atomic mass is 32.2. The molecule has 1 saturated carbocycles. The number of nitrogens with one attached hydrogen (secondary N) is 1. The molecule has 1 aromatic carbocycles. The van der Waals surface area contributed by atoms with E-state index in [4.69, 9.17) is 5.73 Å². The van der Waals surface area contributed by atoms with Crippen LogP contribution in [-0.2, 0) is 10.8 Å². The number of halogens is 2. The standard InChI is InChI=1S/C28H32F2N4O2S/c1-15(2)19-12-17(13-22(31)27(19)37(4)36)18-10-11-32-14-24(18)34-28(35)23-9-8-21(30)26(33-23)25-16(3)6-5-7-20(25)29/h5-11,14-15,17,19,22,27H,12-13,31H2,1-4H3,(H,34,35)/t17?,19-,22?,27+,37?/m1/s1. The fourth-order valence-electron chi connectivity index (χ4n) is 5.46. The average molecular weight is 527 g/mol. The van der Waals surface area contributed by atoms with Crippen molar-refractivity contribution in [3.63, 3.8) is 0 Å². The van der Waals surface area contributed by atoms with E-state index in [-0.39, 0.29) is 40.1 Å². The van der Waals surface area contributed by atoms with Crippen LogP contribution in [0.1, 0.15) is 54.2 Å². The fourth-order valence-corrected chi connectivity index (χ4v) is 6.99. The first kappa shape index (κ1) is 27.0. The second kappa shape index (κ2) is 11.1. The van der Waals surface area contributed by atoms with E-state index in [0.717, 1.165) is 18.1 Å². The van der Waals surface area contributed by atoms with E-state index >= 15 is 0 Å². The van der Waals surface area contributed by atoms with Crippen LogP contribution in [0.5, 0.6) is 0 Å². The Morgan fingerprint density at radius 1 is 1.14 bits per heavy atom. The number of nitrogens with zero attached hydrogens (tertiary/aromatic N) is 2. The van der Waals surface area contributed by atoms with Gasteiger partial charge in [0.1, 0.15) is 23.0 Å². The number of pyridine rings is 2. The lowest BCUT2D eigenvalue weighted by Gasteiger charge is -2.42. The second-order valence-electron chi connectivity index (χ2n) is 10.1. The van der Waals surface area contributed by atoms with Gasteiger partial charge in [-0.25, -0.2) is 13.8 Å². The molecule has 9 heteroatoms. The number of amides is 1. The van der Waals surface area contributed by atoms with Gasteiger partial charge in [0.25, 0.3) is 5.91 Å². The molecule has 4 rings (SSSR count). The first-order valence-electron chi connectivity index (χ1n) is 12.3. The monoisotopic (exact) mass is 526 g/mol. The Morgan fingerprint density at radius 3 is 2.57 bits per heavy atom. The van der Waals surface area contributed by atoms with Gasteiger partial charge in [0.05, 0.1) is 17.1 Å². The first-order chi connectivity index (χ1) is 17.6. The van der Waals surface area contributed by atoms with Crippen molar-refractivity contribution in [2.24, 2.45) is 17.6 Å². The molecule has 0 bridgehead atoms. The molecule has 1 aliphatic rings. The van der Waals surface area contributed by atoms with Crippen LogP contribution in [0.15, 0.2) is 48.8 Å². The molecular weight excluding hydrogens is 494 g/mol. The van der Waals surface area contributed by atoms with E-state index in [1.807, 2.05) is 6.07 Å². The summed E-state index contributed by atoms with van der Waals surface area (Å²) in [6.45, 7) is 5.89. The third-order valence-corrected chi connectivity index (χ3v) is 8.74. The predicted octanol–water partition coefficient (Wildman–Crippen LogP) is 5.21. The number of benzene rings is 1. The molecular formula is C28H32F2N4O2S. The summed E-state index contributed by atoms with van der Waals surface area (Å²) in [5, 5.41) is 2.78. The maximum atomic E-state index is 14.6. The van der Waals surface area contributed by atoms with Crippen molar-refractivity contribution in [3.05, 3.63) is 77.2 Å². The summed E-state index contributed by atoms with van der Waals surface area (Å²) in [4.78, 5) is 21.6.